The van der Waals surface area contributed by atoms with E-state index in [0.29, 0.717) is 0 Å². The molecule has 0 radical (unpaired) electrons. The van der Waals surface area contributed by atoms with E-state index in [1.54, 1.807) is 20.1 Å². The Balaban J connectivity index is 0. The van der Waals surface area contributed by atoms with E-state index in [-0.39, 0.29) is 24.3 Å². The van der Waals surface area contributed by atoms with Crippen LogP contribution >= 0.6 is 12.4 Å². The number of esters is 2. The maximum Gasteiger partial charge on any atom is 0.330 e. The van der Waals surface area contributed by atoms with Crippen molar-refractivity contribution >= 4 is 30.6 Å². The molecule has 0 aromatic heterocycles. The molecule has 1 rings (SSSR count). The molecule has 0 spiro atoms. The van der Waals surface area contributed by atoms with Crippen molar-refractivity contribution in [2.45, 2.75) is 25.9 Å². The summed E-state index contributed by atoms with van der Waals surface area (Å²) < 4.78 is 8.80. The lowest BCUT2D eigenvalue weighted by atomic mass is 10.2. The second kappa shape index (κ2) is 12.8. The SMILES string of the molecule is COC(=O)[C@H](C)N.COC(=O)[C@H](C)N=Cc1ccccc1.Cl. The lowest BCUT2D eigenvalue weighted by Gasteiger charge is -2.02. The van der Waals surface area contributed by atoms with Gasteiger partial charge in [-0.05, 0) is 19.4 Å². The summed E-state index contributed by atoms with van der Waals surface area (Å²) in [6, 6.07) is 8.68. The highest BCUT2D eigenvalue weighted by molar-refractivity contribution is 5.85. The molecule has 0 aliphatic carbocycles. The van der Waals surface area contributed by atoms with Gasteiger partial charge in [0.05, 0.1) is 14.2 Å². The van der Waals surface area contributed by atoms with Gasteiger partial charge in [0.15, 0.2) is 0 Å². The van der Waals surface area contributed by atoms with Crippen LogP contribution < -0.4 is 5.73 Å². The molecule has 0 unspecified atom stereocenters. The second-order valence-electron chi connectivity index (χ2n) is 4.20. The molecule has 0 saturated heterocycles. The van der Waals surface area contributed by atoms with Crippen LogP contribution in [-0.4, -0.2) is 44.5 Å². The molecule has 124 valence electrons. The minimum absolute atomic E-state index is 0. The van der Waals surface area contributed by atoms with Gasteiger partial charge < -0.3 is 15.2 Å². The Morgan fingerprint density at radius 3 is 1.95 bits per heavy atom. The molecule has 0 amide bonds. The number of nitrogens with zero attached hydrogens (tertiary/aromatic N) is 1. The number of hydrogen-bond donors (Lipinski definition) is 1. The van der Waals surface area contributed by atoms with Crippen molar-refractivity contribution in [3.05, 3.63) is 35.9 Å². The van der Waals surface area contributed by atoms with Crippen molar-refractivity contribution in [2.75, 3.05) is 14.2 Å². The van der Waals surface area contributed by atoms with Crippen LogP contribution in [-0.2, 0) is 19.1 Å². The van der Waals surface area contributed by atoms with Crippen molar-refractivity contribution in [1.29, 1.82) is 0 Å². The maximum atomic E-state index is 11.0. The molecule has 2 N–H and O–H groups in total. The fourth-order valence-corrected chi connectivity index (χ4v) is 1.15. The first-order valence-electron chi connectivity index (χ1n) is 6.41. The molecule has 6 nitrogen and oxygen atoms in total. The monoisotopic (exact) mass is 330 g/mol. The number of aliphatic imine (C=N–C) groups is 1. The molecular weight excluding hydrogens is 308 g/mol. The Bertz CT molecular complexity index is 464. The highest BCUT2D eigenvalue weighted by atomic mass is 35.5. The molecule has 0 saturated carbocycles. The zero-order valence-electron chi connectivity index (χ0n) is 13.2. The average molecular weight is 331 g/mol. The number of carbonyl (C=O) groups excluding carboxylic acids is 2. The van der Waals surface area contributed by atoms with Crippen molar-refractivity contribution in [3.63, 3.8) is 0 Å². The maximum absolute atomic E-state index is 11.0. The topological polar surface area (TPSA) is 91.0 Å². The molecule has 0 fully saturated rings. The quantitative estimate of drug-likeness (QED) is 0.668. The Morgan fingerprint density at radius 2 is 1.59 bits per heavy atom. The summed E-state index contributed by atoms with van der Waals surface area (Å²) in [5.74, 6) is -0.697. The fraction of sp³-hybridized carbons (Fsp3) is 0.400. The predicted molar refractivity (Wildman–Crippen MR) is 88.4 cm³/mol. The number of carbonyl (C=O) groups is 2. The van der Waals surface area contributed by atoms with Crippen LogP contribution in [0.5, 0.6) is 0 Å². The number of rotatable bonds is 4. The Morgan fingerprint density at radius 1 is 1.09 bits per heavy atom. The van der Waals surface area contributed by atoms with E-state index in [4.69, 9.17) is 5.73 Å². The highest BCUT2D eigenvalue weighted by Crippen LogP contribution is 1.97. The van der Waals surface area contributed by atoms with Crippen LogP contribution in [0.25, 0.3) is 0 Å². The van der Waals surface area contributed by atoms with E-state index < -0.39 is 12.1 Å². The minimum Gasteiger partial charge on any atom is -0.468 e. The fourth-order valence-electron chi connectivity index (χ4n) is 1.15. The summed E-state index contributed by atoms with van der Waals surface area (Å²) in [5, 5.41) is 0. The largest absolute Gasteiger partial charge is 0.468 e. The molecule has 0 aliphatic heterocycles. The van der Waals surface area contributed by atoms with Crippen LogP contribution in [0.4, 0.5) is 0 Å². The summed E-state index contributed by atoms with van der Waals surface area (Å²) in [7, 11) is 2.67. The van der Waals surface area contributed by atoms with Crippen molar-refractivity contribution in [3.8, 4) is 0 Å². The van der Waals surface area contributed by atoms with Gasteiger partial charge in [-0.25, -0.2) is 4.79 Å². The Labute approximate surface area is 137 Å². The van der Waals surface area contributed by atoms with Gasteiger partial charge in [0.1, 0.15) is 12.1 Å². The highest BCUT2D eigenvalue weighted by Gasteiger charge is 2.09. The number of ether oxygens (including phenoxy) is 2. The lowest BCUT2D eigenvalue weighted by Crippen LogP contribution is -2.27. The summed E-state index contributed by atoms with van der Waals surface area (Å²) in [6.45, 7) is 3.27. The third kappa shape index (κ3) is 9.90. The van der Waals surface area contributed by atoms with E-state index in [2.05, 4.69) is 14.5 Å². The molecule has 7 heteroatoms. The standard InChI is InChI=1S/C11H13NO2.C4H9NO2.ClH/c1-9(11(13)14-2)12-8-10-6-4-3-5-7-10;1-3(5)4(6)7-2;/h3-9H,1-2H3;3H,5H2,1-2H3;1H/t9-;3-;/m00./s1. The molecule has 1 aromatic rings. The first kappa shape index (κ1) is 22.4. The third-order valence-electron chi connectivity index (χ3n) is 2.36. The van der Waals surface area contributed by atoms with E-state index in [1.165, 1.54) is 14.2 Å². The van der Waals surface area contributed by atoms with Crippen LogP contribution in [0.2, 0.25) is 0 Å². The number of methoxy groups -OCH3 is 2. The number of benzene rings is 1. The molecule has 0 heterocycles. The molecular formula is C15H23ClN2O4. The molecule has 2 atom stereocenters. The van der Waals surface area contributed by atoms with Crippen LogP contribution in [0.3, 0.4) is 0 Å². The predicted octanol–water partition coefficient (Wildman–Crippen LogP) is 1.60. The van der Waals surface area contributed by atoms with E-state index in [9.17, 15) is 9.59 Å². The van der Waals surface area contributed by atoms with Gasteiger partial charge in [-0.15, -0.1) is 12.4 Å². The zero-order chi connectivity index (χ0) is 16.3. The van der Waals surface area contributed by atoms with Gasteiger partial charge in [-0.2, -0.15) is 0 Å². The second-order valence-corrected chi connectivity index (χ2v) is 4.20. The summed E-state index contributed by atoms with van der Waals surface area (Å²) >= 11 is 0. The van der Waals surface area contributed by atoms with E-state index in [1.807, 2.05) is 30.3 Å². The van der Waals surface area contributed by atoms with Gasteiger partial charge in [-0.1, -0.05) is 30.3 Å². The van der Waals surface area contributed by atoms with Crippen molar-refractivity contribution in [2.24, 2.45) is 10.7 Å². The van der Waals surface area contributed by atoms with Crippen molar-refractivity contribution in [1.82, 2.24) is 0 Å². The average Bonchev–Trinajstić information content (AvgIpc) is 2.52. The smallest absolute Gasteiger partial charge is 0.330 e. The first-order chi connectivity index (χ1) is 9.92. The summed E-state index contributed by atoms with van der Waals surface area (Å²) in [6.07, 6.45) is 1.67. The Hall–Kier alpha value is -1.92. The zero-order valence-corrected chi connectivity index (χ0v) is 14.0. The third-order valence-corrected chi connectivity index (χ3v) is 2.36. The van der Waals surface area contributed by atoms with Crippen LogP contribution in [0, 0.1) is 0 Å². The lowest BCUT2D eigenvalue weighted by molar-refractivity contribution is -0.142. The number of nitrogens with two attached hydrogens (primary N) is 1. The van der Waals surface area contributed by atoms with Gasteiger partial charge >= 0.3 is 11.9 Å². The van der Waals surface area contributed by atoms with Gasteiger partial charge in [0, 0.05) is 6.21 Å². The molecule has 22 heavy (non-hydrogen) atoms. The summed E-state index contributed by atoms with van der Waals surface area (Å²) in [4.78, 5) is 25.2. The molecule has 0 aliphatic rings. The normalized spacial score (nSPS) is 12.2. The van der Waals surface area contributed by atoms with Gasteiger partial charge in [-0.3, -0.25) is 9.79 Å². The first-order valence-corrected chi connectivity index (χ1v) is 6.41. The van der Waals surface area contributed by atoms with Gasteiger partial charge in [0.25, 0.3) is 0 Å². The van der Waals surface area contributed by atoms with Gasteiger partial charge in [0.2, 0.25) is 0 Å². The number of hydrogen-bond acceptors (Lipinski definition) is 6. The summed E-state index contributed by atoms with van der Waals surface area (Å²) in [5.41, 5.74) is 6.05. The number of halogens is 1. The van der Waals surface area contributed by atoms with Crippen molar-refractivity contribution < 1.29 is 19.1 Å². The van der Waals surface area contributed by atoms with Crippen LogP contribution in [0.1, 0.15) is 19.4 Å². The Kier molecular flexibility index (Phi) is 13.0. The van der Waals surface area contributed by atoms with Crippen LogP contribution in [0.15, 0.2) is 35.3 Å². The minimum atomic E-state index is -0.495. The molecule has 0 bridgehead atoms. The molecule has 1 aromatic carbocycles. The van der Waals surface area contributed by atoms with E-state index in [0.717, 1.165) is 5.56 Å². The van der Waals surface area contributed by atoms with E-state index >= 15 is 0 Å².